The molecular weight excluding hydrogens is 305 g/mol. The lowest BCUT2D eigenvalue weighted by atomic mass is 10.0. The van der Waals surface area contributed by atoms with Gasteiger partial charge in [-0.05, 0) is 10.8 Å². The molecule has 0 amide bonds. The number of rotatable bonds is 1. The Labute approximate surface area is 130 Å². The van der Waals surface area contributed by atoms with Gasteiger partial charge in [0.05, 0.1) is 5.69 Å². The first-order valence-corrected chi connectivity index (χ1v) is 7.18. The topological polar surface area (TPSA) is 30.2 Å². The molecule has 0 atom stereocenters. The second-order valence-electron chi connectivity index (χ2n) is 4.73. The first-order chi connectivity index (χ1) is 10.2. The summed E-state index contributed by atoms with van der Waals surface area (Å²) in [4.78, 5) is 4.24. The van der Waals surface area contributed by atoms with E-state index >= 15 is 0 Å². The summed E-state index contributed by atoms with van der Waals surface area (Å²) in [5, 5.41) is 7.65. The summed E-state index contributed by atoms with van der Waals surface area (Å²) in [7, 11) is 0. The number of fused-ring (bicyclic) bond motifs is 2. The van der Waals surface area contributed by atoms with Crippen LogP contribution in [0.2, 0.25) is 10.3 Å². The van der Waals surface area contributed by atoms with Crippen molar-refractivity contribution < 1.29 is 0 Å². The summed E-state index contributed by atoms with van der Waals surface area (Å²) in [6.45, 7) is 0. The molecule has 2 heterocycles. The zero-order valence-electron chi connectivity index (χ0n) is 10.8. The van der Waals surface area contributed by atoms with Crippen molar-refractivity contribution in [3.05, 3.63) is 64.9 Å². The quantitative estimate of drug-likeness (QED) is 0.470. The van der Waals surface area contributed by atoms with Gasteiger partial charge in [0.2, 0.25) is 0 Å². The Morgan fingerprint density at radius 2 is 1.71 bits per heavy atom. The van der Waals surface area contributed by atoms with Gasteiger partial charge in [0.15, 0.2) is 5.65 Å². The average Bonchev–Trinajstić information content (AvgIpc) is 2.90. The number of hydrogen-bond acceptors (Lipinski definition) is 2. The SMILES string of the molecule is Clc1cc(Cl)n2nc(-c3cccc4ccccc34)cc2n1. The lowest BCUT2D eigenvalue weighted by Gasteiger charge is -2.03. The van der Waals surface area contributed by atoms with Gasteiger partial charge < -0.3 is 0 Å². The molecule has 0 bridgehead atoms. The van der Waals surface area contributed by atoms with Gasteiger partial charge in [-0.15, -0.1) is 0 Å². The Morgan fingerprint density at radius 3 is 2.62 bits per heavy atom. The van der Waals surface area contributed by atoms with Gasteiger partial charge in [-0.3, -0.25) is 0 Å². The summed E-state index contributed by atoms with van der Waals surface area (Å²) < 4.78 is 1.59. The summed E-state index contributed by atoms with van der Waals surface area (Å²) in [5.74, 6) is 0. The van der Waals surface area contributed by atoms with E-state index in [4.69, 9.17) is 23.2 Å². The van der Waals surface area contributed by atoms with E-state index in [1.165, 1.54) is 5.39 Å². The van der Waals surface area contributed by atoms with Crippen LogP contribution in [0.3, 0.4) is 0 Å². The van der Waals surface area contributed by atoms with Crippen LogP contribution in [0.1, 0.15) is 0 Å². The van der Waals surface area contributed by atoms with E-state index in [0.717, 1.165) is 16.6 Å². The molecule has 0 aliphatic rings. The highest BCUT2D eigenvalue weighted by Gasteiger charge is 2.11. The smallest absolute Gasteiger partial charge is 0.159 e. The Kier molecular flexibility index (Phi) is 2.84. The molecule has 4 aromatic rings. The molecule has 0 saturated carbocycles. The Bertz CT molecular complexity index is 971. The average molecular weight is 314 g/mol. The van der Waals surface area contributed by atoms with E-state index in [1.54, 1.807) is 10.6 Å². The van der Waals surface area contributed by atoms with Crippen molar-refractivity contribution in [3.63, 3.8) is 0 Å². The minimum Gasteiger partial charge on any atom is -0.217 e. The second kappa shape index (κ2) is 4.72. The van der Waals surface area contributed by atoms with Crippen molar-refractivity contribution in [3.8, 4) is 11.3 Å². The third-order valence-electron chi connectivity index (χ3n) is 3.42. The molecule has 2 aromatic heterocycles. The fourth-order valence-corrected chi connectivity index (χ4v) is 2.96. The summed E-state index contributed by atoms with van der Waals surface area (Å²) >= 11 is 12.1. The molecular formula is C16H9Cl2N3. The second-order valence-corrected chi connectivity index (χ2v) is 5.50. The lowest BCUT2D eigenvalue weighted by Crippen LogP contribution is -1.92. The monoisotopic (exact) mass is 313 g/mol. The molecule has 0 fully saturated rings. The highest BCUT2D eigenvalue weighted by molar-refractivity contribution is 6.33. The molecule has 0 N–H and O–H groups in total. The largest absolute Gasteiger partial charge is 0.217 e. The predicted molar refractivity (Wildman–Crippen MR) is 85.9 cm³/mol. The number of aromatic nitrogens is 3. The number of benzene rings is 2. The highest BCUT2D eigenvalue weighted by Crippen LogP contribution is 2.29. The van der Waals surface area contributed by atoms with Crippen molar-refractivity contribution in [2.45, 2.75) is 0 Å². The van der Waals surface area contributed by atoms with Gasteiger partial charge in [-0.1, -0.05) is 65.7 Å². The summed E-state index contributed by atoms with van der Waals surface area (Å²) in [5.41, 5.74) is 2.50. The van der Waals surface area contributed by atoms with Crippen LogP contribution in [0.4, 0.5) is 0 Å². The molecule has 0 radical (unpaired) electrons. The Balaban J connectivity index is 2.03. The van der Waals surface area contributed by atoms with Crippen LogP contribution in [-0.4, -0.2) is 14.6 Å². The first-order valence-electron chi connectivity index (χ1n) is 6.42. The van der Waals surface area contributed by atoms with Gasteiger partial charge >= 0.3 is 0 Å². The minimum atomic E-state index is 0.358. The van der Waals surface area contributed by atoms with Gasteiger partial charge in [0.1, 0.15) is 10.3 Å². The maximum atomic E-state index is 6.16. The predicted octanol–water partition coefficient (Wildman–Crippen LogP) is 4.86. The highest BCUT2D eigenvalue weighted by atomic mass is 35.5. The number of nitrogens with zero attached hydrogens (tertiary/aromatic N) is 3. The normalized spacial score (nSPS) is 11.3. The number of hydrogen-bond donors (Lipinski definition) is 0. The maximum absolute atomic E-state index is 6.16. The van der Waals surface area contributed by atoms with Crippen LogP contribution in [0, 0.1) is 0 Å². The summed E-state index contributed by atoms with van der Waals surface area (Å²) in [6.07, 6.45) is 0. The van der Waals surface area contributed by atoms with Gasteiger partial charge in [-0.25, -0.2) is 9.50 Å². The molecule has 2 aromatic carbocycles. The fourth-order valence-electron chi connectivity index (χ4n) is 2.49. The third-order valence-corrected chi connectivity index (χ3v) is 3.88. The Morgan fingerprint density at radius 1 is 0.905 bits per heavy atom. The van der Waals surface area contributed by atoms with Gasteiger partial charge in [0.25, 0.3) is 0 Å². The van der Waals surface area contributed by atoms with Crippen LogP contribution in [0.25, 0.3) is 27.7 Å². The van der Waals surface area contributed by atoms with Gasteiger partial charge in [0, 0.05) is 17.7 Å². The van der Waals surface area contributed by atoms with Crippen LogP contribution >= 0.6 is 23.2 Å². The van der Waals surface area contributed by atoms with Crippen molar-refractivity contribution in [1.29, 1.82) is 0 Å². The van der Waals surface area contributed by atoms with Crippen LogP contribution in [0.15, 0.2) is 54.6 Å². The van der Waals surface area contributed by atoms with Crippen LogP contribution in [0.5, 0.6) is 0 Å². The molecule has 0 aliphatic carbocycles. The molecule has 0 spiro atoms. The van der Waals surface area contributed by atoms with E-state index in [0.29, 0.717) is 16.0 Å². The molecule has 0 unspecified atom stereocenters. The van der Waals surface area contributed by atoms with Gasteiger partial charge in [-0.2, -0.15) is 5.10 Å². The third kappa shape index (κ3) is 2.06. The number of halogens is 2. The molecule has 0 saturated heterocycles. The molecule has 4 rings (SSSR count). The maximum Gasteiger partial charge on any atom is 0.159 e. The van der Waals surface area contributed by atoms with E-state index in [-0.39, 0.29) is 0 Å². The lowest BCUT2D eigenvalue weighted by molar-refractivity contribution is 0.945. The van der Waals surface area contributed by atoms with Crippen molar-refractivity contribution in [2.75, 3.05) is 0 Å². The standard InChI is InChI=1S/C16H9Cl2N3/c17-14-9-15(18)21-16(19-14)8-13(20-21)12-7-3-5-10-4-1-2-6-11(10)12/h1-9H. The van der Waals surface area contributed by atoms with Crippen molar-refractivity contribution >= 4 is 39.6 Å². The first kappa shape index (κ1) is 12.6. The molecule has 0 aliphatic heterocycles. The van der Waals surface area contributed by atoms with E-state index in [2.05, 4.69) is 28.3 Å². The molecule has 5 heteroatoms. The van der Waals surface area contributed by atoms with Crippen LogP contribution < -0.4 is 0 Å². The van der Waals surface area contributed by atoms with E-state index < -0.39 is 0 Å². The van der Waals surface area contributed by atoms with Crippen LogP contribution in [-0.2, 0) is 0 Å². The van der Waals surface area contributed by atoms with Crippen molar-refractivity contribution in [1.82, 2.24) is 14.6 Å². The Hall–Kier alpha value is -2.10. The zero-order chi connectivity index (χ0) is 14.4. The van der Waals surface area contributed by atoms with E-state index in [9.17, 15) is 0 Å². The van der Waals surface area contributed by atoms with E-state index in [1.807, 2.05) is 30.3 Å². The van der Waals surface area contributed by atoms with Crippen molar-refractivity contribution in [2.24, 2.45) is 0 Å². The zero-order valence-corrected chi connectivity index (χ0v) is 12.3. The summed E-state index contributed by atoms with van der Waals surface area (Å²) in [6, 6.07) is 17.8. The molecule has 3 nitrogen and oxygen atoms in total. The fraction of sp³-hybridized carbons (Fsp3) is 0. The molecule has 21 heavy (non-hydrogen) atoms. The minimum absolute atomic E-state index is 0.358. The molecule has 102 valence electrons.